The number of ether oxygens (including phenoxy) is 1. The summed E-state index contributed by atoms with van der Waals surface area (Å²) in [7, 11) is 0. The van der Waals surface area contributed by atoms with Crippen LogP contribution in [0.2, 0.25) is 5.02 Å². The second-order valence-corrected chi connectivity index (χ2v) is 8.86. The SMILES string of the molecule is O=C(N[C@H](c1cn[nH]c1)c1ccc(F)c(Cl)c1)N1CCc2cnc(NC3CCOCC3)nc2C1. The number of carbonyl (C=O) groups excluding carboxylic acids is 1. The largest absolute Gasteiger partial charge is 0.381 e. The van der Waals surface area contributed by atoms with Crippen molar-refractivity contribution in [1.82, 2.24) is 30.4 Å². The summed E-state index contributed by atoms with van der Waals surface area (Å²) in [6.45, 7) is 2.37. The van der Waals surface area contributed by atoms with Gasteiger partial charge >= 0.3 is 6.03 Å². The molecular formula is C23H25ClFN7O2. The molecule has 1 fully saturated rings. The average Bonchev–Trinajstić information content (AvgIpc) is 3.39. The summed E-state index contributed by atoms with van der Waals surface area (Å²) in [4.78, 5) is 24.1. The third-order valence-corrected chi connectivity index (χ3v) is 6.47. The minimum absolute atomic E-state index is 0.00611. The Balaban J connectivity index is 1.30. The molecule has 0 bridgehead atoms. The first kappa shape index (κ1) is 22.5. The highest BCUT2D eigenvalue weighted by atomic mass is 35.5. The van der Waals surface area contributed by atoms with E-state index in [4.69, 9.17) is 16.3 Å². The molecule has 0 unspecified atom stereocenters. The Morgan fingerprint density at radius 3 is 2.88 bits per heavy atom. The number of benzene rings is 1. The number of nitrogens with zero attached hydrogens (tertiary/aromatic N) is 4. The standard InChI is InChI=1S/C23H25ClFN7O2/c24-18-9-14(1-2-19(18)25)21(16-11-27-28-12-16)31-23(33)32-6-3-15-10-26-22(30-20(15)13-32)29-17-4-7-34-8-5-17/h1-2,9-12,17,21H,3-8,13H2,(H,27,28)(H,31,33)(H,26,29,30)/t21-/m0/s1. The molecule has 3 N–H and O–H groups in total. The molecule has 0 aliphatic carbocycles. The summed E-state index contributed by atoms with van der Waals surface area (Å²) in [5.41, 5.74) is 3.26. The Kier molecular flexibility index (Phi) is 6.59. The van der Waals surface area contributed by atoms with Gasteiger partial charge in [0.2, 0.25) is 5.95 Å². The number of carbonyl (C=O) groups is 1. The lowest BCUT2D eigenvalue weighted by molar-refractivity contribution is 0.0903. The average molecular weight is 486 g/mol. The van der Waals surface area contributed by atoms with Gasteiger partial charge in [0.15, 0.2) is 0 Å². The van der Waals surface area contributed by atoms with E-state index in [9.17, 15) is 9.18 Å². The minimum Gasteiger partial charge on any atom is -0.381 e. The number of fused-ring (bicyclic) bond motifs is 1. The molecule has 5 rings (SSSR count). The van der Waals surface area contributed by atoms with Gasteiger partial charge in [0, 0.05) is 43.8 Å². The number of H-pyrrole nitrogens is 1. The van der Waals surface area contributed by atoms with Crippen molar-refractivity contribution >= 4 is 23.6 Å². The molecular weight excluding hydrogens is 461 g/mol. The van der Waals surface area contributed by atoms with Crippen molar-refractivity contribution in [2.75, 3.05) is 25.1 Å². The smallest absolute Gasteiger partial charge is 0.318 e. The molecule has 0 saturated carbocycles. The highest BCUT2D eigenvalue weighted by molar-refractivity contribution is 6.30. The van der Waals surface area contributed by atoms with Crippen molar-refractivity contribution in [1.29, 1.82) is 0 Å². The van der Waals surface area contributed by atoms with Crippen LogP contribution in [-0.4, -0.2) is 56.9 Å². The maximum atomic E-state index is 13.7. The number of amides is 2. The van der Waals surface area contributed by atoms with Crippen LogP contribution in [0, 0.1) is 5.82 Å². The molecule has 1 saturated heterocycles. The number of anilines is 1. The maximum Gasteiger partial charge on any atom is 0.318 e. The van der Waals surface area contributed by atoms with E-state index >= 15 is 0 Å². The highest BCUT2D eigenvalue weighted by Gasteiger charge is 2.26. The van der Waals surface area contributed by atoms with Gasteiger partial charge in [0.25, 0.3) is 0 Å². The fraction of sp³-hybridized carbons (Fsp3) is 0.391. The van der Waals surface area contributed by atoms with Crippen LogP contribution in [0.4, 0.5) is 15.1 Å². The summed E-state index contributed by atoms with van der Waals surface area (Å²) >= 11 is 6.00. The first-order valence-corrected chi connectivity index (χ1v) is 11.6. The predicted octanol–water partition coefficient (Wildman–Crippen LogP) is 3.44. The quantitative estimate of drug-likeness (QED) is 0.511. The Morgan fingerprint density at radius 2 is 2.12 bits per heavy atom. The van der Waals surface area contributed by atoms with Crippen molar-refractivity contribution < 1.29 is 13.9 Å². The van der Waals surface area contributed by atoms with Crippen LogP contribution in [-0.2, 0) is 17.7 Å². The fourth-order valence-electron chi connectivity index (χ4n) is 4.26. The minimum atomic E-state index is -0.540. The molecule has 9 nitrogen and oxygen atoms in total. The van der Waals surface area contributed by atoms with Gasteiger partial charge in [-0.25, -0.2) is 19.2 Å². The molecule has 1 atom stereocenters. The van der Waals surface area contributed by atoms with Gasteiger partial charge in [0.05, 0.1) is 29.5 Å². The first-order valence-electron chi connectivity index (χ1n) is 11.2. The van der Waals surface area contributed by atoms with Gasteiger partial charge in [-0.2, -0.15) is 5.10 Å². The Labute approximate surface area is 201 Å². The van der Waals surface area contributed by atoms with Crippen LogP contribution in [0.1, 0.15) is 41.3 Å². The van der Waals surface area contributed by atoms with Crippen molar-refractivity contribution in [3.63, 3.8) is 0 Å². The van der Waals surface area contributed by atoms with Crippen molar-refractivity contribution in [2.24, 2.45) is 0 Å². The Bertz CT molecular complexity index is 1150. The Morgan fingerprint density at radius 1 is 1.26 bits per heavy atom. The summed E-state index contributed by atoms with van der Waals surface area (Å²) in [6.07, 6.45) is 7.65. The molecule has 0 radical (unpaired) electrons. The van der Waals surface area contributed by atoms with E-state index in [-0.39, 0.29) is 17.1 Å². The molecule has 4 heterocycles. The summed E-state index contributed by atoms with van der Waals surface area (Å²) < 4.78 is 19.1. The zero-order valence-electron chi connectivity index (χ0n) is 18.4. The monoisotopic (exact) mass is 485 g/mol. The number of aromatic amines is 1. The summed E-state index contributed by atoms with van der Waals surface area (Å²) in [6, 6.07) is 3.90. The summed E-state index contributed by atoms with van der Waals surface area (Å²) in [5, 5.41) is 13.2. The molecule has 11 heteroatoms. The molecule has 178 valence electrons. The first-order chi connectivity index (χ1) is 16.6. The van der Waals surface area contributed by atoms with E-state index < -0.39 is 11.9 Å². The maximum absolute atomic E-state index is 13.7. The number of aromatic nitrogens is 4. The third kappa shape index (κ3) is 4.97. The highest BCUT2D eigenvalue weighted by Crippen LogP contribution is 2.27. The van der Waals surface area contributed by atoms with Crippen LogP contribution < -0.4 is 10.6 Å². The van der Waals surface area contributed by atoms with Gasteiger partial charge < -0.3 is 20.3 Å². The van der Waals surface area contributed by atoms with Gasteiger partial charge in [0.1, 0.15) is 5.82 Å². The molecule has 3 aromatic rings. The number of hydrogen-bond donors (Lipinski definition) is 3. The second-order valence-electron chi connectivity index (χ2n) is 8.46. The Hall–Kier alpha value is -3.24. The van der Waals surface area contributed by atoms with E-state index in [0.29, 0.717) is 31.0 Å². The van der Waals surface area contributed by atoms with Gasteiger partial charge in [-0.3, -0.25) is 5.10 Å². The van der Waals surface area contributed by atoms with Crippen LogP contribution in [0.25, 0.3) is 0 Å². The van der Waals surface area contributed by atoms with Crippen LogP contribution >= 0.6 is 11.6 Å². The lowest BCUT2D eigenvalue weighted by Crippen LogP contribution is -2.44. The molecule has 2 aliphatic rings. The lowest BCUT2D eigenvalue weighted by Gasteiger charge is -2.30. The zero-order chi connectivity index (χ0) is 23.5. The van der Waals surface area contributed by atoms with Crippen LogP contribution in [0.15, 0.2) is 36.8 Å². The van der Waals surface area contributed by atoms with Gasteiger partial charge in [-0.05, 0) is 42.5 Å². The van der Waals surface area contributed by atoms with Crippen molar-refractivity contribution in [3.05, 3.63) is 70.0 Å². The third-order valence-electron chi connectivity index (χ3n) is 6.19. The van der Waals surface area contributed by atoms with Crippen LogP contribution in [0.3, 0.4) is 0 Å². The molecule has 34 heavy (non-hydrogen) atoms. The van der Waals surface area contributed by atoms with E-state index in [0.717, 1.165) is 42.9 Å². The van der Waals surface area contributed by atoms with Crippen molar-refractivity contribution in [3.8, 4) is 0 Å². The number of urea groups is 1. The molecule has 2 amide bonds. The number of hydrogen-bond acceptors (Lipinski definition) is 6. The van der Waals surface area contributed by atoms with Crippen LogP contribution in [0.5, 0.6) is 0 Å². The molecule has 2 aromatic heterocycles. The van der Waals surface area contributed by atoms with E-state index in [1.807, 2.05) is 6.20 Å². The normalized spacial score (nSPS) is 17.2. The molecule has 1 aromatic carbocycles. The lowest BCUT2D eigenvalue weighted by atomic mass is 10.0. The van der Waals surface area contributed by atoms with E-state index in [1.165, 1.54) is 12.1 Å². The number of rotatable bonds is 5. The second kappa shape index (κ2) is 9.94. The molecule has 0 spiro atoms. The predicted molar refractivity (Wildman–Crippen MR) is 124 cm³/mol. The fourth-order valence-corrected chi connectivity index (χ4v) is 4.44. The van der Waals surface area contributed by atoms with E-state index in [1.54, 1.807) is 23.4 Å². The molecule has 2 aliphatic heterocycles. The zero-order valence-corrected chi connectivity index (χ0v) is 19.2. The number of nitrogens with one attached hydrogen (secondary N) is 3. The van der Waals surface area contributed by atoms with Crippen molar-refractivity contribution in [2.45, 2.75) is 37.9 Å². The topological polar surface area (TPSA) is 108 Å². The van der Waals surface area contributed by atoms with E-state index in [2.05, 4.69) is 30.8 Å². The number of halogens is 2. The van der Waals surface area contributed by atoms with Gasteiger partial charge in [-0.1, -0.05) is 17.7 Å². The summed E-state index contributed by atoms with van der Waals surface area (Å²) in [5.74, 6) is 0.0605. The van der Waals surface area contributed by atoms with Gasteiger partial charge in [-0.15, -0.1) is 0 Å².